The van der Waals surface area contributed by atoms with Gasteiger partial charge in [0, 0.05) is 17.1 Å². The van der Waals surface area contributed by atoms with Crippen molar-refractivity contribution in [1.82, 2.24) is 9.73 Å². The van der Waals surface area contributed by atoms with Crippen molar-refractivity contribution in [1.29, 1.82) is 0 Å². The fraction of sp³-hybridized carbons (Fsp3) is 0.263. The number of hydrogen-bond donors (Lipinski definition) is 1. The summed E-state index contributed by atoms with van der Waals surface area (Å²) in [5.41, 5.74) is 5.46. The molecule has 0 saturated heterocycles. The molecule has 8 heteroatoms. The van der Waals surface area contributed by atoms with Gasteiger partial charge in [-0.15, -0.1) is 0 Å². The van der Waals surface area contributed by atoms with Crippen LogP contribution < -0.4 is 5.43 Å². The minimum Gasteiger partial charge on any atom is -0.272 e. The van der Waals surface area contributed by atoms with Gasteiger partial charge < -0.3 is 0 Å². The van der Waals surface area contributed by atoms with Crippen LogP contribution in [0.3, 0.4) is 0 Å². The van der Waals surface area contributed by atoms with E-state index in [0.717, 1.165) is 19.9 Å². The highest BCUT2D eigenvalue weighted by atomic mass is 79.9. The van der Waals surface area contributed by atoms with Crippen molar-refractivity contribution < 1.29 is 13.2 Å². The van der Waals surface area contributed by atoms with E-state index in [1.54, 1.807) is 13.8 Å². The molecule has 0 saturated carbocycles. The number of sulfonamides is 1. The average Bonchev–Trinajstić information content (AvgIpc) is 2.55. The van der Waals surface area contributed by atoms with Crippen LogP contribution in [-0.4, -0.2) is 38.4 Å². The van der Waals surface area contributed by atoms with Crippen molar-refractivity contribution in [3.63, 3.8) is 0 Å². The first kappa shape index (κ1) is 21.3. The van der Waals surface area contributed by atoms with Crippen molar-refractivity contribution >= 4 is 38.1 Å². The summed E-state index contributed by atoms with van der Waals surface area (Å²) in [6, 6.07) is 11.0. The first-order chi connectivity index (χ1) is 12.6. The number of likely N-dealkylation sites (N-methyl/N-ethyl adjacent to an activating group) is 1. The monoisotopic (exact) mass is 451 g/mol. The highest BCUT2D eigenvalue weighted by Crippen LogP contribution is 2.24. The maximum Gasteiger partial charge on any atom is 0.255 e. The van der Waals surface area contributed by atoms with Crippen molar-refractivity contribution in [3.8, 4) is 0 Å². The maximum atomic E-state index is 12.9. The quantitative estimate of drug-likeness (QED) is 0.540. The molecule has 0 heterocycles. The Hall–Kier alpha value is -2.03. The molecular weight excluding hydrogens is 430 g/mol. The fourth-order valence-corrected chi connectivity index (χ4v) is 4.72. The summed E-state index contributed by atoms with van der Waals surface area (Å²) in [4.78, 5) is 12.3. The van der Waals surface area contributed by atoms with Gasteiger partial charge in [0.25, 0.3) is 5.91 Å². The Balaban J connectivity index is 2.09. The van der Waals surface area contributed by atoms with Gasteiger partial charge in [-0.3, -0.25) is 4.79 Å². The van der Waals surface area contributed by atoms with E-state index in [1.807, 2.05) is 43.3 Å². The highest BCUT2D eigenvalue weighted by molar-refractivity contribution is 9.10. The van der Waals surface area contributed by atoms with Gasteiger partial charge in [-0.1, -0.05) is 51.8 Å². The van der Waals surface area contributed by atoms with Gasteiger partial charge in [-0.2, -0.15) is 9.41 Å². The predicted molar refractivity (Wildman–Crippen MR) is 110 cm³/mol. The first-order valence-corrected chi connectivity index (χ1v) is 10.5. The Morgan fingerprint density at radius 1 is 1.19 bits per heavy atom. The molecule has 2 rings (SSSR count). The number of aryl methyl sites for hydroxylation is 3. The lowest BCUT2D eigenvalue weighted by atomic mass is 10.1. The van der Waals surface area contributed by atoms with Gasteiger partial charge in [-0.25, -0.2) is 13.8 Å². The Kier molecular flexibility index (Phi) is 6.91. The number of hydrazone groups is 1. The van der Waals surface area contributed by atoms with Gasteiger partial charge in [0.15, 0.2) is 0 Å². The largest absolute Gasteiger partial charge is 0.272 e. The Morgan fingerprint density at radius 2 is 1.78 bits per heavy atom. The normalized spacial score (nSPS) is 11.9. The van der Waals surface area contributed by atoms with Crippen LogP contribution in [-0.2, 0) is 14.8 Å². The van der Waals surface area contributed by atoms with Gasteiger partial charge >= 0.3 is 0 Å². The first-order valence-electron chi connectivity index (χ1n) is 8.23. The lowest BCUT2D eigenvalue weighted by molar-refractivity contribution is -0.121. The summed E-state index contributed by atoms with van der Waals surface area (Å²) in [5.74, 6) is -0.521. The molecular formula is C19H22BrN3O3S. The van der Waals surface area contributed by atoms with Crippen LogP contribution in [0, 0.1) is 20.8 Å². The number of nitrogens with one attached hydrogen (secondary N) is 1. The van der Waals surface area contributed by atoms with Crippen molar-refractivity contribution in [2.75, 3.05) is 13.6 Å². The van der Waals surface area contributed by atoms with Crippen LogP contribution in [0.2, 0.25) is 0 Å². The highest BCUT2D eigenvalue weighted by Gasteiger charge is 2.26. The zero-order chi connectivity index (χ0) is 20.2. The molecule has 0 aromatic heterocycles. The molecule has 0 spiro atoms. The number of rotatable bonds is 6. The molecule has 144 valence electrons. The lowest BCUT2D eigenvalue weighted by Gasteiger charge is -2.19. The van der Waals surface area contributed by atoms with Gasteiger partial charge in [-0.05, 0) is 38.0 Å². The molecule has 0 fully saturated rings. The van der Waals surface area contributed by atoms with Crippen molar-refractivity contribution in [2.24, 2.45) is 5.10 Å². The number of hydrogen-bond acceptors (Lipinski definition) is 4. The molecule has 27 heavy (non-hydrogen) atoms. The minimum atomic E-state index is -3.78. The Labute approximate surface area is 168 Å². The summed E-state index contributed by atoms with van der Waals surface area (Å²) in [7, 11) is -2.40. The SMILES string of the molecule is Cc1cc(C)c(S(=O)(=O)N(C)CC(=O)N/N=C\c2ccccc2Br)c(C)c1. The topological polar surface area (TPSA) is 78.8 Å². The third-order valence-electron chi connectivity index (χ3n) is 3.94. The summed E-state index contributed by atoms with van der Waals surface area (Å²) in [5, 5.41) is 3.88. The Morgan fingerprint density at radius 3 is 2.37 bits per heavy atom. The summed E-state index contributed by atoms with van der Waals surface area (Å²) in [6.45, 7) is 5.09. The number of carbonyl (C=O) groups excluding carboxylic acids is 1. The molecule has 2 aromatic carbocycles. The van der Waals surface area contributed by atoms with Crippen LogP contribution in [0.5, 0.6) is 0 Å². The molecule has 1 N–H and O–H groups in total. The van der Waals surface area contributed by atoms with Gasteiger partial charge in [0.1, 0.15) is 0 Å². The summed E-state index contributed by atoms with van der Waals surface area (Å²) < 4.78 is 27.6. The third kappa shape index (κ3) is 5.24. The Bertz CT molecular complexity index is 964. The van der Waals surface area contributed by atoms with Crippen molar-refractivity contribution in [2.45, 2.75) is 25.7 Å². The van der Waals surface area contributed by atoms with Crippen LogP contribution in [0.4, 0.5) is 0 Å². The predicted octanol–water partition coefficient (Wildman–Crippen LogP) is 3.15. The number of benzene rings is 2. The molecule has 1 amide bonds. The fourth-order valence-electron chi connectivity index (χ4n) is 2.81. The second-order valence-corrected chi connectivity index (χ2v) is 9.14. The van der Waals surface area contributed by atoms with E-state index in [9.17, 15) is 13.2 Å². The lowest BCUT2D eigenvalue weighted by Crippen LogP contribution is -2.37. The number of amides is 1. The average molecular weight is 452 g/mol. The second kappa shape index (κ2) is 8.77. The van der Waals surface area contributed by atoms with E-state index >= 15 is 0 Å². The van der Waals surface area contributed by atoms with E-state index in [4.69, 9.17) is 0 Å². The number of nitrogens with zero attached hydrogens (tertiary/aromatic N) is 2. The molecule has 0 aliphatic carbocycles. The molecule has 0 atom stereocenters. The van der Waals surface area contributed by atoms with Gasteiger partial charge in [0.2, 0.25) is 10.0 Å². The van der Waals surface area contributed by atoms with E-state index in [1.165, 1.54) is 13.3 Å². The molecule has 6 nitrogen and oxygen atoms in total. The van der Waals surface area contributed by atoms with Crippen LogP contribution in [0.15, 0.2) is 50.9 Å². The molecule has 0 radical (unpaired) electrons. The molecule has 0 bridgehead atoms. The molecule has 0 aliphatic rings. The molecule has 2 aromatic rings. The number of halogens is 1. The summed E-state index contributed by atoms with van der Waals surface area (Å²) >= 11 is 3.38. The van der Waals surface area contributed by atoms with Gasteiger partial charge in [0.05, 0.1) is 17.7 Å². The van der Waals surface area contributed by atoms with E-state index in [0.29, 0.717) is 11.1 Å². The van der Waals surface area contributed by atoms with Crippen molar-refractivity contribution in [3.05, 3.63) is 63.1 Å². The molecule has 0 unspecified atom stereocenters. The number of carbonyl (C=O) groups is 1. The second-order valence-electron chi connectivity index (χ2n) is 6.30. The zero-order valence-electron chi connectivity index (χ0n) is 15.7. The minimum absolute atomic E-state index is 0.236. The third-order valence-corrected chi connectivity index (χ3v) is 6.77. The zero-order valence-corrected chi connectivity index (χ0v) is 18.1. The van der Waals surface area contributed by atoms with E-state index < -0.39 is 15.9 Å². The maximum absolute atomic E-state index is 12.9. The summed E-state index contributed by atoms with van der Waals surface area (Å²) in [6.07, 6.45) is 1.49. The van der Waals surface area contributed by atoms with E-state index in [-0.39, 0.29) is 11.4 Å². The molecule has 0 aliphatic heterocycles. The van der Waals surface area contributed by atoms with Crippen LogP contribution in [0.25, 0.3) is 0 Å². The van der Waals surface area contributed by atoms with E-state index in [2.05, 4.69) is 26.5 Å². The smallest absolute Gasteiger partial charge is 0.255 e. The van der Waals surface area contributed by atoms with Crippen LogP contribution in [0.1, 0.15) is 22.3 Å². The van der Waals surface area contributed by atoms with Crippen LogP contribution >= 0.6 is 15.9 Å². The standard InChI is InChI=1S/C19H22BrN3O3S/c1-13-9-14(2)19(15(3)10-13)27(25,26)23(4)12-18(24)22-21-11-16-7-5-6-8-17(16)20/h5-11H,12H2,1-4H3,(H,22,24)/b21-11-.